The molecule has 2 aromatic rings. The van der Waals surface area contributed by atoms with Gasteiger partial charge in [-0.25, -0.2) is 17.5 Å². The van der Waals surface area contributed by atoms with Crippen LogP contribution in [0.25, 0.3) is 0 Å². The SMILES string of the molecule is CCNS(=O)(=O)c1ccc(NC(=S)Nc2ccc(F)cc2)cc1. The molecule has 0 aromatic heterocycles. The molecule has 2 rings (SSSR count). The van der Waals surface area contributed by atoms with Crippen LogP contribution in [0.2, 0.25) is 0 Å². The number of sulfonamides is 1. The van der Waals surface area contributed by atoms with Gasteiger partial charge in [-0.2, -0.15) is 0 Å². The lowest BCUT2D eigenvalue weighted by atomic mass is 10.3. The van der Waals surface area contributed by atoms with Gasteiger partial charge in [-0.3, -0.25) is 0 Å². The van der Waals surface area contributed by atoms with Crippen LogP contribution in [-0.4, -0.2) is 20.1 Å². The van der Waals surface area contributed by atoms with Crippen LogP contribution in [-0.2, 0) is 10.0 Å². The minimum Gasteiger partial charge on any atom is -0.332 e. The first kappa shape index (κ1) is 17.3. The van der Waals surface area contributed by atoms with E-state index in [2.05, 4.69) is 15.4 Å². The molecule has 0 saturated heterocycles. The lowest BCUT2D eigenvalue weighted by molar-refractivity contribution is 0.584. The minimum absolute atomic E-state index is 0.183. The van der Waals surface area contributed by atoms with E-state index in [0.29, 0.717) is 23.0 Å². The second-order valence-corrected chi connectivity index (χ2v) is 6.79. The van der Waals surface area contributed by atoms with E-state index < -0.39 is 10.0 Å². The van der Waals surface area contributed by atoms with E-state index in [1.54, 1.807) is 31.2 Å². The highest BCUT2D eigenvalue weighted by molar-refractivity contribution is 7.89. The standard InChI is InChI=1S/C15H16FN3O2S2/c1-2-17-23(20,21)14-9-7-13(8-10-14)19-15(22)18-12-5-3-11(16)4-6-12/h3-10,17H,2H2,1H3,(H2,18,19,22). The topological polar surface area (TPSA) is 70.2 Å². The summed E-state index contributed by atoms with van der Waals surface area (Å²) < 4.78 is 38.9. The zero-order valence-corrected chi connectivity index (χ0v) is 14.0. The minimum atomic E-state index is -3.47. The summed E-state index contributed by atoms with van der Waals surface area (Å²) in [5.41, 5.74) is 1.29. The summed E-state index contributed by atoms with van der Waals surface area (Å²) in [6, 6.07) is 12.0. The van der Waals surface area contributed by atoms with Crippen molar-refractivity contribution in [3.63, 3.8) is 0 Å². The van der Waals surface area contributed by atoms with E-state index in [4.69, 9.17) is 12.2 Å². The van der Waals surface area contributed by atoms with Gasteiger partial charge in [0.05, 0.1) is 4.90 Å². The van der Waals surface area contributed by atoms with Gasteiger partial charge in [-0.1, -0.05) is 6.92 Å². The molecule has 122 valence electrons. The van der Waals surface area contributed by atoms with Crippen LogP contribution in [0.3, 0.4) is 0 Å². The van der Waals surface area contributed by atoms with Crippen LogP contribution in [0.5, 0.6) is 0 Å². The second-order valence-electron chi connectivity index (χ2n) is 4.61. The van der Waals surface area contributed by atoms with Crippen LogP contribution in [0.1, 0.15) is 6.92 Å². The summed E-state index contributed by atoms with van der Waals surface area (Å²) in [6.45, 7) is 2.04. The van der Waals surface area contributed by atoms with E-state index in [1.165, 1.54) is 24.3 Å². The summed E-state index contributed by atoms with van der Waals surface area (Å²) in [7, 11) is -3.47. The van der Waals surface area contributed by atoms with Crippen molar-refractivity contribution in [2.24, 2.45) is 0 Å². The van der Waals surface area contributed by atoms with Gasteiger partial charge in [0.25, 0.3) is 0 Å². The summed E-state index contributed by atoms with van der Waals surface area (Å²) in [6.07, 6.45) is 0. The molecule has 0 saturated carbocycles. The molecular weight excluding hydrogens is 337 g/mol. The summed E-state index contributed by atoms with van der Waals surface area (Å²) in [5, 5.41) is 6.15. The molecule has 0 radical (unpaired) electrons. The maximum absolute atomic E-state index is 12.8. The maximum Gasteiger partial charge on any atom is 0.240 e. The fourth-order valence-corrected chi connectivity index (χ4v) is 3.09. The van der Waals surface area contributed by atoms with Gasteiger partial charge in [-0.15, -0.1) is 0 Å². The zero-order valence-electron chi connectivity index (χ0n) is 12.3. The van der Waals surface area contributed by atoms with Crippen molar-refractivity contribution in [1.29, 1.82) is 0 Å². The quantitative estimate of drug-likeness (QED) is 0.721. The van der Waals surface area contributed by atoms with Crippen molar-refractivity contribution in [2.75, 3.05) is 17.2 Å². The third kappa shape index (κ3) is 4.98. The molecule has 8 heteroatoms. The van der Waals surface area contributed by atoms with Crippen molar-refractivity contribution in [3.05, 3.63) is 54.3 Å². The number of benzene rings is 2. The second kappa shape index (κ2) is 7.49. The molecular formula is C15H16FN3O2S2. The number of thiocarbonyl (C=S) groups is 1. The van der Waals surface area contributed by atoms with Gasteiger partial charge in [0.2, 0.25) is 10.0 Å². The van der Waals surface area contributed by atoms with Crippen LogP contribution >= 0.6 is 12.2 Å². The Kier molecular flexibility index (Phi) is 5.64. The number of nitrogens with one attached hydrogen (secondary N) is 3. The zero-order chi connectivity index (χ0) is 16.9. The van der Waals surface area contributed by atoms with Crippen LogP contribution in [0.4, 0.5) is 15.8 Å². The van der Waals surface area contributed by atoms with Crippen molar-refractivity contribution in [2.45, 2.75) is 11.8 Å². The lowest BCUT2D eigenvalue weighted by Crippen LogP contribution is -2.23. The number of rotatable bonds is 5. The van der Waals surface area contributed by atoms with E-state index in [1.807, 2.05) is 0 Å². The molecule has 0 fully saturated rings. The molecule has 0 heterocycles. The van der Waals surface area contributed by atoms with Gasteiger partial charge >= 0.3 is 0 Å². The van der Waals surface area contributed by atoms with Crippen molar-refractivity contribution in [1.82, 2.24) is 4.72 Å². The Bertz CT molecular complexity index is 775. The van der Waals surface area contributed by atoms with E-state index >= 15 is 0 Å². The number of halogens is 1. The van der Waals surface area contributed by atoms with Crippen LogP contribution < -0.4 is 15.4 Å². The molecule has 2 aromatic carbocycles. The highest BCUT2D eigenvalue weighted by atomic mass is 32.2. The molecule has 0 amide bonds. The van der Waals surface area contributed by atoms with Gasteiger partial charge < -0.3 is 10.6 Å². The molecule has 0 aliphatic rings. The summed E-state index contributed by atoms with van der Waals surface area (Å²) in [5.74, 6) is -0.327. The third-order valence-corrected chi connectivity index (χ3v) is 4.62. The van der Waals surface area contributed by atoms with Crippen molar-refractivity contribution < 1.29 is 12.8 Å². The predicted molar refractivity (Wildman–Crippen MR) is 93.5 cm³/mol. The molecule has 0 unspecified atom stereocenters. The molecule has 0 atom stereocenters. The Morgan fingerprint density at radius 1 is 1.00 bits per heavy atom. The molecule has 5 nitrogen and oxygen atoms in total. The number of anilines is 2. The number of hydrogen-bond donors (Lipinski definition) is 3. The maximum atomic E-state index is 12.8. The Hall–Kier alpha value is -2.03. The van der Waals surface area contributed by atoms with Gasteiger partial charge in [-0.05, 0) is 60.7 Å². The monoisotopic (exact) mass is 353 g/mol. The van der Waals surface area contributed by atoms with Crippen molar-refractivity contribution in [3.8, 4) is 0 Å². The fourth-order valence-electron chi connectivity index (χ4n) is 1.82. The van der Waals surface area contributed by atoms with Gasteiger partial charge in [0.1, 0.15) is 5.82 Å². The Morgan fingerprint density at radius 3 is 1.96 bits per heavy atom. The van der Waals surface area contributed by atoms with Crippen LogP contribution in [0, 0.1) is 5.82 Å². The number of hydrogen-bond acceptors (Lipinski definition) is 3. The molecule has 3 N–H and O–H groups in total. The van der Waals surface area contributed by atoms with Crippen molar-refractivity contribution >= 4 is 38.7 Å². The molecule has 0 spiro atoms. The summed E-state index contributed by atoms with van der Waals surface area (Å²) >= 11 is 5.15. The molecule has 0 aliphatic heterocycles. The molecule has 0 bridgehead atoms. The Balaban J connectivity index is 2.00. The highest BCUT2D eigenvalue weighted by Gasteiger charge is 2.11. The fraction of sp³-hybridized carbons (Fsp3) is 0.133. The van der Waals surface area contributed by atoms with Gasteiger partial charge in [0.15, 0.2) is 5.11 Å². The first-order chi connectivity index (χ1) is 10.9. The third-order valence-electron chi connectivity index (χ3n) is 2.86. The van der Waals surface area contributed by atoms with E-state index in [-0.39, 0.29) is 10.7 Å². The molecule has 0 aliphatic carbocycles. The van der Waals surface area contributed by atoms with Crippen LogP contribution in [0.15, 0.2) is 53.4 Å². The first-order valence-corrected chi connectivity index (χ1v) is 8.73. The highest BCUT2D eigenvalue weighted by Crippen LogP contribution is 2.15. The normalized spacial score (nSPS) is 11.0. The first-order valence-electron chi connectivity index (χ1n) is 6.84. The predicted octanol–water partition coefficient (Wildman–Crippen LogP) is 2.93. The lowest BCUT2D eigenvalue weighted by Gasteiger charge is -2.11. The Morgan fingerprint density at radius 2 is 1.48 bits per heavy atom. The summed E-state index contributed by atoms with van der Waals surface area (Å²) in [4.78, 5) is 0.183. The van der Waals surface area contributed by atoms with E-state index in [0.717, 1.165) is 0 Å². The molecule has 23 heavy (non-hydrogen) atoms. The average Bonchev–Trinajstić information content (AvgIpc) is 2.50. The van der Waals surface area contributed by atoms with Gasteiger partial charge in [0, 0.05) is 17.9 Å². The smallest absolute Gasteiger partial charge is 0.240 e. The largest absolute Gasteiger partial charge is 0.332 e. The average molecular weight is 353 g/mol. The Labute approximate surface area is 140 Å². The van der Waals surface area contributed by atoms with E-state index in [9.17, 15) is 12.8 Å².